The minimum Gasteiger partial charge on any atom is -0.393 e. The van der Waals surface area contributed by atoms with Crippen LogP contribution in [0.25, 0.3) is 0 Å². The van der Waals surface area contributed by atoms with Crippen LogP contribution in [0.3, 0.4) is 0 Å². The summed E-state index contributed by atoms with van der Waals surface area (Å²) in [6.07, 6.45) is 2.81. The molecule has 1 saturated carbocycles. The van der Waals surface area contributed by atoms with Gasteiger partial charge in [-0.05, 0) is 51.3 Å². The Balaban J connectivity index is 2.04. The van der Waals surface area contributed by atoms with Gasteiger partial charge in [-0.25, -0.2) is 0 Å². The summed E-state index contributed by atoms with van der Waals surface area (Å²) in [6, 6.07) is 4.87. The summed E-state index contributed by atoms with van der Waals surface area (Å²) in [5.74, 6) is 0.632. The fourth-order valence-corrected chi connectivity index (χ4v) is 4.08. The van der Waals surface area contributed by atoms with Crippen molar-refractivity contribution in [2.45, 2.75) is 51.3 Å². The smallest absolute Gasteiger partial charge is 0.0591 e. The van der Waals surface area contributed by atoms with E-state index in [-0.39, 0.29) is 12.1 Å². The molecular weight excluding hydrogens is 256 g/mol. The normalized spacial score (nSPS) is 26.2. The van der Waals surface area contributed by atoms with E-state index < -0.39 is 0 Å². The summed E-state index contributed by atoms with van der Waals surface area (Å²) >= 11 is 1.85. The Morgan fingerprint density at radius 3 is 2.63 bits per heavy atom. The highest BCUT2D eigenvalue weighted by molar-refractivity contribution is 7.12. The third-order valence-electron chi connectivity index (χ3n) is 4.16. The van der Waals surface area contributed by atoms with Crippen molar-refractivity contribution in [3.05, 3.63) is 21.9 Å². The zero-order chi connectivity index (χ0) is 14.0. The van der Waals surface area contributed by atoms with Crippen molar-refractivity contribution in [3.63, 3.8) is 0 Å². The summed E-state index contributed by atoms with van der Waals surface area (Å²) in [7, 11) is 2.17. The predicted molar refractivity (Wildman–Crippen MR) is 81.4 cm³/mol. The third kappa shape index (κ3) is 3.57. The second kappa shape index (κ2) is 6.35. The number of thiophene rings is 1. The van der Waals surface area contributed by atoms with Gasteiger partial charge in [0.2, 0.25) is 0 Å². The van der Waals surface area contributed by atoms with Crippen LogP contribution >= 0.6 is 11.3 Å². The van der Waals surface area contributed by atoms with Gasteiger partial charge in [0.1, 0.15) is 0 Å². The van der Waals surface area contributed by atoms with Gasteiger partial charge < -0.3 is 10.8 Å². The van der Waals surface area contributed by atoms with E-state index in [0.717, 1.165) is 25.8 Å². The lowest BCUT2D eigenvalue weighted by Gasteiger charge is -2.39. The summed E-state index contributed by atoms with van der Waals surface area (Å²) in [5.41, 5.74) is 6.34. The molecule has 2 atom stereocenters. The molecule has 2 rings (SSSR count). The van der Waals surface area contributed by atoms with E-state index in [1.165, 1.54) is 9.75 Å². The van der Waals surface area contributed by atoms with Crippen molar-refractivity contribution in [2.75, 3.05) is 13.6 Å². The molecular formula is C15H26N2OS. The Labute approximate surface area is 120 Å². The molecule has 0 aliphatic heterocycles. The summed E-state index contributed by atoms with van der Waals surface area (Å²) in [6.45, 7) is 5.33. The van der Waals surface area contributed by atoms with Crippen LogP contribution in [0.2, 0.25) is 0 Å². The fraction of sp³-hybridized carbons (Fsp3) is 0.733. The lowest BCUT2D eigenvalue weighted by molar-refractivity contribution is 0.0200. The van der Waals surface area contributed by atoms with Crippen molar-refractivity contribution in [2.24, 2.45) is 11.7 Å². The van der Waals surface area contributed by atoms with Crippen LogP contribution in [0.5, 0.6) is 0 Å². The number of nitrogens with zero attached hydrogens (tertiary/aromatic N) is 1. The first-order valence-electron chi connectivity index (χ1n) is 7.21. The van der Waals surface area contributed by atoms with Gasteiger partial charge in [-0.1, -0.05) is 6.92 Å². The van der Waals surface area contributed by atoms with E-state index in [0.29, 0.717) is 12.0 Å². The summed E-state index contributed by atoms with van der Waals surface area (Å²) in [4.78, 5) is 5.10. The number of aliphatic hydroxyl groups excluding tert-OH is 1. The Kier molecular flexibility index (Phi) is 5.01. The Hall–Kier alpha value is -0.420. The lowest BCUT2D eigenvalue weighted by Crippen LogP contribution is -2.43. The van der Waals surface area contributed by atoms with Crippen LogP contribution in [0, 0.1) is 12.8 Å². The average Bonchev–Trinajstić information content (AvgIpc) is 2.73. The molecule has 1 aliphatic carbocycles. The number of hydrogen-bond acceptors (Lipinski definition) is 4. The molecule has 1 aromatic rings. The summed E-state index contributed by atoms with van der Waals surface area (Å²) < 4.78 is 0. The largest absolute Gasteiger partial charge is 0.393 e. The van der Waals surface area contributed by atoms with Gasteiger partial charge in [-0.2, -0.15) is 0 Å². The van der Waals surface area contributed by atoms with E-state index >= 15 is 0 Å². The molecule has 0 radical (unpaired) electrons. The number of likely N-dealkylation sites (N-methyl/N-ethyl adjacent to an activating group) is 1. The molecule has 0 spiro atoms. The number of nitrogens with two attached hydrogens (primary N) is 1. The van der Waals surface area contributed by atoms with E-state index in [4.69, 9.17) is 5.73 Å². The number of aryl methyl sites for hydroxylation is 1. The fourth-order valence-electron chi connectivity index (χ4n) is 2.96. The Morgan fingerprint density at radius 2 is 2.16 bits per heavy atom. The summed E-state index contributed by atoms with van der Waals surface area (Å²) in [5, 5.41) is 9.40. The van der Waals surface area contributed by atoms with Crippen LogP contribution in [0.4, 0.5) is 0 Å². The first kappa shape index (κ1) is 15.0. The minimum atomic E-state index is -0.0688. The molecule has 4 heteroatoms. The maximum Gasteiger partial charge on any atom is 0.0591 e. The van der Waals surface area contributed by atoms with Crippen LogP contribution in [-0.2, 0) is 0 Å². The molecule has 3 N–H and O–H groups in total. The van der Waals surface area contributed by atoms with Crippen molar-refractivity contribution >= 4 is 11.3 Å². The number of aliphatic hydroxyl groups is 1. The van der Waals surface area contributed by atoms with E-state index in [9.17, 15) is 5.11 Å². The average molecular weight is 282 g/mol. The van der Waals surface area contributed by atoms with E-state index in [2.05, 4.69) is 37.9 Å². The quantitative estimate of drug-likeness (QED) is 0.843. The first-order chi connectivity index (χ1) is 9.01. The molecule has 3 nitrogen and oxygen atoms in total. The van der Waals surface area contributed by atoms with Gasteiger partial charge in [-0.15, -0.1) is 11.3 Å². The van der Waals surface area contributed by atoms with Crippen molar-refractivity contribution in [3.8, 4) is 0 Å². The van der Waals surface area contributed by atoms with Crippen molar-refractivity contribution in [1.82, 2.24) is 4.90 Å². The van der Waals surface area contributed by atoms with Gasteiger partial charge in [0, 0.05) is 22.3 Å². The molecule has 1 heterocycles. The van der Waals surface area contributed by atoms with Crippen LogP contribution in [0.15, 0.2) is 12.1 Å². The standard InChI is InChI=1S/C15H26N2OS/c1-4-13(16)15(14-6-5-10(2)19-14)17(3)9-11-7-12(18)8-11/h5-6,11-13,15,18H,4,7-9,16H2,1-3H3. The van der Waals surface area contributed by atoms with Crippen LogP contribution in [0.1, 0.15) is 42.0 Å². The van der Waals surface area contributed by atoms with Gasteiger partial charge in [-0.3, -0.25) is 4.90 Å². The molecule has 1 aromatic heterocycles. The SMILES string of the molecule is CCC(N)C(c1ccc(C)s1)N(C)CC1CC(O)C1. The Bertz CT molecular complexity index is 401. The molecule has 1 fully saturated rings. The third-order valence-corrected chi connectivity index (χ3v) is 5.23. The lowest BCUT2D eigenvalue weighted by atomic mass is 9.82. The molecule has 0 amide bonds. The molecule has 0 saturated heterocycles. The Morgan fingerprint density at radius 1 is 1.47 bits per heavy atom. The van der Waals surface area contributed by atoms with Gasteiger partial charge in [0.05, 0.1) is 12.1 Å². The van der Waals surface area contributed by atoms with Gasteiger partial charge in [0.15, 0.2) is 0 Å². The zero-order valence-corrected chi connectivity index (χ0v) is 13.0. The molecule has 0 bridgehead atoms. The zero-order valence-electron chi connectivity index (χ0n) is 12.2. The molecule has 0 aromatic carbocycles. The maximum atomic E-state index is 9.40. The van der Waals surface area contributed by atoms with Gasteiger partial charge in [0.25, 0.3) is 0 Å². The maximum absolute atomic E-state index is 9.40. The highest BCUT2D eigenvalue weighted by Gasteiger charge is 2.32. The highest BCUT2D eigenvalue weighted by atomic mass is 32.1. The first-order valence-corrected chi connectivity index (χ1v) is 8.03. The number of rotatable bonds is 6. The van der Waals surface area contributed by atoms with E-state index in [1.54, 1.807) is 0 Å². The molecule has 2 unspecified atom stereocenters. The van der Waals surface area contributed by atoms with Crippen molar-refractivity contribution < 1.29 is 5.11 Å². The monoisotopic (exact) mass is 282 g/mol. The minimum absolute atomic E-state index is 0.0688. The van der Waals surface area contributed by atoms with Crippen molar-refractivity contribution in [1.29, 1.82) is 0 Å². The molecule has 108 valence electrons. The van der Waals surface area contributed by atoms with E-state index in [1.807, 2.05) is 11.3 Å². The van der Waals surface area contributed by atoms with Crippen LogP contribution < -0.4 is 5.73 Å². The van der Waals surface area contributed by atoms with Gasteiger partial charge >= 0.3 is 0 Å². The second-order valence-corrected chi connectivity index (χ2v) is 7.22. The molecule has 19 heavy (non-hydrogen) atoms. The topological polar surface area (TPSA) is 49.5 Å². The van der Waals surface area contributed by atoms with Crippen LogP contribution in [-0.4, -0.2) is 35.7 Å². The molecule has 1 aliphatic rings. The highest BCUT2D eigenvalue weighted by Crippen LogP contribution is 2.34. The second-order valence-electron chi connectivity index (χ2n) is 5.90. The number of hydrogen-bond donors (Lipinski definition) is 2. The predicted octanol–water partition coefficient (Wildman–Crippen LogP) is 2.54.